The standard InChI is InChI=1S/C18H19F5N6O/c19-8-1-2-11(20)10(3-8)15-12(24)4-9(7-30-15)28-5-13-14(6-28)29(18(21)22)17(26-13)16(25)27-23/h1-3,9,12,15,18H,4-7,24H2,(H2,25,27)/t9?,12?,15-/m1/s1. The summed E-state index contributed by atoms with van der Waals surface area (Å²) in [7, 11) is 0. The van der Waals surface area contributed by atoms with Crippen molar-refractivity contribution in [3.8, 4) is 0 Å². The lowest BCUT2D eigenvalue weighted by Gasteiger charge is -2.38. The van der Waals surface area contributed by atoms with Gasteiger partial charge in [0.15, 0.2) is 11.7 Å². The Hall–Kier alpha value is -2.57. The molecule has 2 aliphatic heterocycles. The quantitative estimate of drug-likeness (QED) is 0.441. The van der Waals surface area contributed by atoms with E-state index in [1.807, 2.05) is 4.90 Å². The van der Waals surface area contributed by atoms with E-state index in [2.05, 4.69) is 10.2 Å². The molecule has 2 aromatic rings. The Bertz CT molecular complexity index is 980. The summed E-state index contributed by atoms with van der Waals surface area (Å²) >= 11 is 0. The maximum Gasteiger partial charge on any atom is 0.320 e. The Kier molecular flexibility index (Phi) is 5.47. The molecule has 162 valence electrons. The van der Waals surface area contributed by atoms with Gasteiger partial charge in [-0.2, -0.15) is 8.78 Å². The highest BCUT2D eigenvalue weighted by atomic mass is 19.3. The molecular formula is C18H19F5N6O. The number of ether oxygens (including phenoxy) is 1. The smallest absolute Gasteiger partial charge is 0.320 e. The van der Waals surface area contributed by atoms with E-state index >= 15 is 0 Å². The minimum Gasteiger partial charge on any atom is -0.378 e. The zero-order chi connectivity index (χ0) is 21.6. The normalized spacial score (nSPS) is 25.2. The molecule has 1 aromatic carbocycles. The van der Waals surface area contributed by atoms with Gasteiger partial charge in [0.25, 0.3) is 0 Å². The fourth-order valence-electron chi connectivity index (χ4n) is 4.09. The molecule has 3 heterocycles. The van der Waals surface area contributed by atoms with Crippen molar-refractivity contribution < 1.29 is 26.8 Å². The molecule has 1 fully saturated rings. The van der Waals surface area contributed by atoms with E-state index in [0.29, 0.717) is 16.7 Å². The molecule has 30 heavy (non-hydrogen) atoms. The number of nitrogens with zero attached hydrogens (tertiary/aromatic N) is 4. The molecule has 2 aliphatic rings. The van der Waals surface area contributed by atoms with Gasteiger partial charge >= 0.3 is 6.55 Å². The number of hydrogen-bond acceptors (Lipinski definition) is 5. The molecule has 7 nitrogen and oxygen atoms in total. The Labute approximate surface area is 168 Å². The zero-order valence-electron chi connectivity index (χ0n) is 15.6. The Morgan fingerprint density at radius 2 is 2.03 bits per heavy atom. The molecule has 3 atom stereocenters. The van der Waals surface area contributed by atoms with Crippen molar-refractivity contribution in [1.82, 2.24) is 14.5 Å². The summed E-state index contributed by atoms with van der Waals surface area (Å²) in [6.45, 7) is -2.51. The van der Waals surface area contributed by atoms with Crippen molar-refractivity contribution in [3.63, 3.8) is 0 Å². The van der Waals surface area contributed by atoms with Gasteiger partial charge in [0, 0.05) is 30.7 Å². The number of hydrogen-bond donors (Lipinski definition) is 2. The Balaban J connectivity index is 1.50. The van der Waals surface area contributed by atoms with Crippen molar-refractivity contribution >= 4 is 5.84 Å². The zero-order valence-corrected chi connectivity index (χ0v) is 15.6. The number of nitrogens with two attached hydrogens (primary N) is 2. The topological polar surface area (TPSA) is 94.7 Å². The molecular weight excluding hydrogens is 411 g/mol. The molecule has 0 radical (unpaired) electrons. The van der Waals surface area contributed by atoms with E-state index in [-0.39, 0.29) is 37.0 Å². The third kappa shape index (κ3) is 3.55. The number of halogens is 5. The van der Waals surface area contributed by atoms with Gasteiger partial charge in [-0.25, -0.2) is 13.8 Å². The van der Waals surface area contributed by atoms with Crippen LogP contribution in [0.15, 0.2) is 23.4 Å². The number of rotatable bonds is 4. The molecule has 4 N–H and O–H groups in total. The molecule has 1 aromatic heterocycles. The van der Waals surface area contributed by atoms with E-state index in [9.17, 15) is 22.0 Å². The first kappa shape index (κ1) is 20.7. The first-order valence-corrected chi connectivity index (χ1v) is 9.19. The monoisotopic (exact) mass is 430 g/mol. The molecule has 1 saturated heterocycles. The average molecular weight is 430 g/mol. The van der Waals surface area contributed by atoms with Crippen LogP contribution in [0.2, 0.25) is 0 Å². The molecule has 12 heteroatoms. The minimum atomic E-state index is -2.97. The van der Waals surface area contributed by atoms with Crippen molar-refractivity contribution in [3.05, 3.63) is 52.6 Å². The van der Waals surface area contributed by atoms with Gasteiger partial charge in [0.1, 0.15) is 17.7 Å². The highest BCUT2D eigenvalue weighted by Gasteiger charge is 2.39. The van der Waals surface area contributed by atoms with Gasteiger partial charge in [-0.05, 0) is 24.6 Å². The number of aromatic nitrogens is 2. The summed E-state index contributed by atoms with van der Waals surface area (Å²) in [4.78, 5) is 5.86. The number of alkyl halides is 2. The summed E-state index contributed by atoms with van der Waals surface area (Å²) in [5, 5.41) is 2.25. The molecule has 2 unspecified atom stereocenters. The molecule has 0 aliphatic carbocycles. The van der Waals surface area contributed by atoms with Crippen LogP contribution in [0.3, 0.4) is 0 Å². The highest BCUT2D eigenvalue weighted by molar-refractivity contribution is 5.94. The summed E-state index contributed by atoms with van der Waals surface area (Å²) in [5.41, 5.74) is 12.1. The van der Waals surface area contributed by atoms with Gasteiger partial charge in [0.05, 0.1) is 18.0 Å². The summed E-state index contributed by atoms with van der Waals surface area (Å²) < 4.78 is 73.4. The van der Waals surface area contributed by atoms with Crippen molar-refractivity contribution in [1.29, 1.82) is 0 Å². The predicted molar refractivity (Wildman–Crippen MR) is 96.0 cm³/mol. The lowest BCUT2D eigenvalue weighted by Crippen LogP contribution is -2.48. The SMILES string of the molecule is N/C(=N\F)c1nc2c(n1C(F)F)CN(C1CO[C@H](c3cc(F)ccc3F)C(N)C1)C2. The molecule has 0 amide bonds. The Morgan fingerprint density at radius 3 is 2.70 bits per heavy atom. The summed E-state index contributed by atoms with van der Waals surface area (Å²) in [5.74, 6) is -2.35. The van der Waals surface area contributed by atoms with E-state index in [4.69, 9.17) is 16.2 Å². The van der Waals surface area contributed by atoms with Crippen LogP contribution >= 0.6 is 0 Å². The lowest BCUT2D eigenvalue weighted by molar-refractivity contribution is -0.0539. The van der Waals surface area contributed by atoms with Crippen LogP contribution in [0, 0.1) is 11.6 Å². The van der Waals surface area contributed by atoms with E-state index < -0.39 is 42.0 Å². The summed E-state index contributed by atoms with van der Waals surface area (Å²) in [6.07, 6.45) is -0.442. The third-order valence-corrected chi connectivity index (χ3v) is 5.50. The predicted octanol–water partition coefficient (Wildman–Crippen LogP) is 2.32. The second kappa shape index (κ2) is 7.93. The number of imidazole rings is 1. The fourth-order valence-corrected chi connectivity index (χ4v) is 4.09. The molecule has 0 bridgehead atoms. The maximum atomic E-state index is 14.1. The van der Waals surface area contributed by atoms with Gasteiger partial charge in [-0.1, -0.05) is 9.70 Å². The lowest BCUT2D eigenvalue weighted by atomic mass is 9.93. The molecule has 0 saturated carbocycles. The van der Waals surface area contributed by atoms with E-state index in [1.54, 1.807) is 0 Å². The molecule has 0 spiro atoms. The minimum absolute atomic E-state index is 0.0436. The van der Waals surface area contributed by atoms with Gasteiger partial charge < -0.3 is 16.2 Å². The van der Waals surface area contributed by atoms with Crippen LogP contribution in [-0.4, -0.2) is 39.0 Å². The molecule has 4 rings (SSSR count). The van der Waals surface area contributed by atoms with Crippen molar-refractivity contribution in [2.75, 3.05) is 6.61 Å². The second-order valence-corrected chi connectivity index (χ2v) is 7.32. The largest absolute Gasteiger partial charge is 0.378 e. The van der Waals surface area contributed by atoms with Crippen LogP contribution in [0.4, 0.5) is 22.0 Å². The van der Waals surface area contributed by atoms with E-state index in [1.165, 1.54) is 0 Å². The van der Waals surface area contributed by atoms with Gasteiger partial charge in [-0.15, -0.1) is 0 Å². The first-order valence-electron chi connectivity index (χ1n) is 9.19. The van der Waals surface area contributed by atoms with Gasteiger partial charge in [-0.3, -0.25) is 9.47 Å². The van der Waals surface area contributed by atoms with Gasteiger partial charge in [0.2, 0.25) is 0 Å². The average Bonchev–Trinajstić information content (AvgIpc) is 3.27. The van der Waals surface area contributed by atoms with E-state index in [0.717, 1.165) is 18.2 Å². The number of benzene rings is 1. The first-order chi connectivity index (χ1) is 14.3. The number of amidine groups is 1. The van der Waals surface area contributed by atoms with Crippen molar-refractivity contribution in [2.45, 2.75) is 44.2 Å². The van der Waals surface area contributed by atoms with Crippen LogP contribution < -0.4 is 11.5 Å². The fraction of sp³-hybridized carbons (Fsp3) is 0.444. The van der Waals surface area contributed by atoms with Crippen LogP contribution in [0.1, 0.15) is 41.8 Å². The second-order valence-electron chi connectivity index (χ2n) is 7.32. The highest BCUT2D eigenvalue weighted by Crippen LogP contribution is 2.35. The van der Waals surface area contributed by atoms with Crippen LogP contribution in [0.25, 0.3) is 0 Å². The maximum absolute atomic E-state index is 14.1. The Morgan fingerprint density at radius 1 is 1.27 bits per heavy atom. The third-order valence-electron chi connectivity index (χ3n) is 5.50. The van der Waals surface area contributed by atoms with Crippen LogP contribution in [-0.2, 0) is 17.8 Å². The summed E-state index contributed by atoms with van der Waals surface area (Å²) in [6, 6.07) is 2.21. The number of fused-ring (bicyclic) bond motifs is 1. The van der Waals surface area contributed by atoms with Crippen molar-refractivity contribution in [2.24, 2.45) is 16.7 Å². The van der Waals surface area contributed by atoms with Crippen LogP contribution in [0.5, 0.6) is 0 Å².